The van der Waals surface area contributed by atoms with E-state index in [4.69, 9.17) is 14.2 Å². The molecule has 1 aliphatic rings. The Morgan fingerprint density at radius 2 is 2.14 bits per heavy atom. The molecule has 3 rings (SSSR count). The summed E-state index contributed by atoms with van der Waals surface area (Å²) in [7, 11) is 3.10. The van der Waals surface area contributed by atoms with Gasteiger partial charge in [-0.3, -0.25) is 9.78 Å². The Morgan fingerprint density at radius 1 is 1.27 bits per heavy atom. The van der Waals surface area contributed by atoms with Crippen LogP contribution >= 0.6 is 0 Å². The average Bonchev–Trinajstić information content (AvgIpc) is 2.57. The van der Waals surface area contributed by atoms with Crippen molar-refractivity contribution in [2.24, 2.45) is 5.92 Å². The van der Waals surface area contributed by atoms with Crippen LogP contribution in [0.2, 0.25) is 0 Å². The molecule has 0 radical (unpaired) electrons. The van der Waals surface area contributed by atoms with Gasteiger partial charge in [0, 0.05) is 30.4 Å². The van der Waals surface area contributed by atoms with E-state index >= 15 is 0 Å². The number of nitrogens with zero attached hydrogens (tertiary/aromatic N) is 1. The van der Waals surface area contributed by atoms with Gasteiger partial charge in [0.1, 0.15) is 22.8 Å². The first-order valence-corrected chi connectivity index (χ1v) is 7.06. The first kappa shape index (κ1) is 14.4. The number of carbonyl (C=O) groups excluding carboxylic acids is 1. The standard InChI is InChI=1S/C17H17NO4/c1-20-13-8-14(21-2)16-15(9-13)22-10-11(17(16)19)7-12-5-3-4-6-18-12/h3-6,8-9,11H,7,10H2,1-2H3. The van der Waals surface area contributed by atoms with Crippen LogP contribution in [0.15, 0.2) is 36.5 Å². The predicted octanol–water partition coefficient (Wildman–Crippen LogP) is 2.53. The van der Waals surface area contributed by atoms with Crippen LogP contribution in [0.1, 0.15) is 16.1 Å². The van der Waals surface area contributed by atoms with Gasteiger partial charge in [-0.25, -0.2) is 0 Å². The molecule has 1 aromatic heterocycles. The van der Waals surface area contributed by atoms with Gasteiger partial charge in [0.15, 0.2) is 5.78 Å². The van der Waals surface area contributed by atoms with Crippen LogP contribution in [-0.4, -0.2) is 31.6 Å². The molecular weight excluding hydrogens is 282 g/mol. The van der Waals surface area contributed by atoms with Gasteiger partial charge in [-0.2, -0.15) is 0 Å². The number of rotatable bonds is 4. The molecule has 5 heteroatoms. The van der Waals surface area contributed by atoms with Crippen LogP contribution in [0.25, 0.3) is 0 Å². The molecule has 0 aliphatic carbocycles. The summed E-state index contributed by atoms with van der Waals surface area (Å²) in [5.74, 6) is 1.35. The quantitative estimate of drug-likeness (QED) is 0.868. The van der Waals surface area contributed by atoms with Crippen LogP contribution in [0.4, 0.5) is 0 Å². The maximum atomic E-state index is 12.8. The third-order valence-electron chi connectivity index (χ3n) is 3.73. The Bertz CT molecular complexity index is 667. The number of pyridine rings is 1. The Balaban J connectivity index is 1.92. The minimum absolute atomic E-state index is 0.0198. The molecule has 0 bridgehead atoms. The van der Waals surface area contributed by atoms with Crippen molar-refractivity contribution in [2.45, 2.75) is 6.42 Å². The van der Waals surface area contributed by atoms with Crippen molar-refractivity contribution in [3.8, 4) is 17.2 Å². The van der Waals surface area contributed by atoms with E-state index in [1.165, 1.54) is 7.11 Å². The molecule has 1 aliphatic heterocycles. The number of ketones is 1. The number of methoxy groups -OCH3 is 2. The molecular formula is C17H17NO4. The number of ether oxygens (including phenoxy) is 3. The topological polar surface area (TPSA) is 57.6 Å². The molecule has 1 aromatic carbocycles. The Kier molecular flexibility index (Phi) is 3.96. The fourth-order valence-electron chi connectivity index (χ4n) is 2.59. The average molecular weight is 299 g/mol. The maximum Gasteiger partial charge on any atom is 0.177 e. The lowest BCUT2D eigenvalue weighted by molar-refractivity contribution is 0.0824. The molecule has 22 heavy (non-hydrogen) atoms. The van der Waals surface area contributed by atoms with Crippen molar-refractivity contribution in [1.29, 1.82) is 0 Å². The van der Waals surface area contributed by atoms with E-state index in [2.05, 4.69) is 4.98 Å². The summed E-state index contributed by atoms with van der Waals surface area (Å²) in [6.07, 6.45) is 2.27. The first-order valence-electron chi connectivity index (χ1n) is 7.06. The summed E-state index contributed by atoms with van der Waals surface area (Å²) in [5.41, 5.74) is 1.36. The molecule has 0 saturated heterocycles. The fraction of sp³-hybridized carbons (Fsp3) is 0.294. The molecule has 1 atom stereocenters. The third-order valence-corrected chi connectivity index (χ3v) is 3.73. The van der Waals surface area contributed by atoms with Crippen molar-refractivity contribution in [1.82, 2.24) is 4.98 Å². The Morgan fingerprint density at radius 3 is 2.82 bits per heavy atom. The lowest BCUT2D eigenvalue weighted by atomic mass is 9.90. The van der Waals surface area contributed by atoms with Crippen molar-refractivity contribution in [2.75, 3.05) is 20.8 Å². The van der Waals surface area contributed by atoms with Gasteiger partial charge in [0.25, 0.3) is 0 Å². The molecule has 0 amide bonds. The highest BCUT2D eigenvalue weighted by Crippen LogP contribution is 2.39. The van der Waals surface area contributed by atoms with Crippen LogP contribution in [0.3, 0.4) is 0 Å². The lowest BCUT2D eigenvalue weighted by Crippen LogP contribution is -2.30. The summed E-state index contributed by atoms with van der Waals surface area (Å²) in [4.78, 5) is 17.0. The molecule has 0 fully saturated rings. The molecule has 5 nitrogen and oxygen atoms in total. The van der Waals surface area contributed by atoms with Crippen LogP contribution in [-0.2, 0) is 6.42 Å². The Hall–Kier alpha value is -2.56. The van der Waals surface area contributed by atoms with Crippen molar-refractivity contribution in [3.63, 3.8) is 0 Å². The van der Waals surface area contributed by atoms with E-state index in [-0.39, 0.29) is 11.7 Å². The van der Waals surface area contributed by atoms with E-state index in [1.807, 2.05) is 18.2 Å². The van der Waals surface area contributed by atoms with Gasteiger partial charge in [-0.15, -0.1) is 0 Å². The van der Waals surface area contributed by atoms with Gasteiger partial charge < -0.3 is 14.2 Å². The predicted molar refractivity (Wildman–Crippen MR) is 80.8 cm³/mol. The lowest BCUT2D eigenvalue weighted by Gasteiger charge is -2.25. The van der Waals surface area contributed by atoms with Gasteiger partial charge in [-0.1, -0.05) is 6.07 Å². The minimum atomic E-state index is -0.260. The summed E-state index contributed by atoms with van der Waals surface area (Å²) in [6, 6.07) is 9.09. The van der Waals surface area contributed by atoms with E-state index in [1.54, 1.807) is 25.4 Å². The second-order valence-corrected chi connectivity index (χ2v) is 5.10. The van der Waals surface area contributed by atoms with Crippen LogP contribution in [0.5, 0.6) is 17.2 Å². The molecule has 1 unspecified atom stereocenters. The monoisotopic (exact) mass is 299 g/mol. The number of carbonyl (C=O) groups is 1. The summed E-state index contributed by atoms with van der Waals surface area (Å²) < 4.78 is 16.3. The van der Waals surface area contributed by atoms with Crippen LogP contribution < -0.4 is 14.2 Å². The number of hydrogen-bond donors (Lipinski definition) is 0. The third kappa shape index (κ3) is 2.62. The van der Waals surface area contributed by atoms with E-state index in [0.29, 0.717) is 35.8 Å². The van der Waals surface area contributed by atoms with Gasteiger partial charge in [0.2, 0.25) is 0 Å². The van der Waals surface area contributed by atoms with Gasteiger partial charge >= 0.3 is 0 Å². The van der Waals surface area contributed by atoms with Crippen molar-refractivity contribution in [3.05, 3.63) is 47.8 Å². The second kappa shape index (κ2) is 6.05. The smallest absolute Gasteiger partial charge is 0.177 e. The normalized spacial score (nSPS) is 16.6. The summed E-state index contributed by atoms with van der Waals surface area (Å²) in [5, 5.41) is 0. The van der Waals surface area contributed by atoms with Crippen LogP contribution in [0, 0.1) is 5.92 Å². The highest BCUT2D eigenvalue weighted by Gasteiger charge is 2.32. The molecule has 2 aromatic rings. The van der Waals surface area contributed by atoms with Gasteiger partial charge in [0.05, 0.1) is 26.7 Å². The number of Topliss-reactive ketones (excluding diaryl/α,β-unsaturated/α-hetero) is 1. The largest absolute Gasteiger partial charge is 0.496 e. The molecule has 2 heterocycles. The zero-order valence-electron chi connectivity index (χ0n) is 12.5. The molecule has 0 spiro atoms. The second-order valence-electron chi connectivity index (χ2n) is 5.10. The summed E-state index contributed by atoms with van der Waals surface area (Å²) in [6.45, 7) is 0.332. The first-order chi connectivity index (χ1) is 10.7. The Labute approximate surface area is 128 Å². The van der Waals surface area contributed by atoms with Gasteiger partial charge in [-0.05, 0) is 12.1 Å². The van der Waals surface area contributed by atoms with Crippen molar-refractivity contribution < 1.29 is 19.0 Å². The van der Waals surface area contributed by atoms with E-state index in [9.17, 15) is 4.79 Å². The number of benzene rings is 1. The SMILES string of the molecule is COc1cc(OC)c2c(c1)OCC(Cc1ccccn1)C2=O. The summed E-state index contributed by atoms with van der Waals surface area (Å²) >= 11 is 0. The molecule has 0 N–H and O–H groups in total. The maximum absolute atomic E-state index is 12.8. The number of fused-ring (bicyclic) bond motifs is 1. The zero-order valence-corrected chi connectivity index (χ0v) is 12.5. The highest BCUT2D eigenvalue weighted by molar-refractivity contribution is 6.04. The molecule has 0 saturated carbocycles. The van der Waals surface area contributed by atoms with E-state index in [0.717, 1.165) is 5.69 Å². The van der Waals surface area contributed by atoms with Crippen molar-refractivity contribution >= 4 is 5.78 Å². The van der Waals surface area contributed by atoms with E-state index < -0.39 is 0 Å². The number of hydrogen-bond acceptors (Lipinski definition) is 5. The minimum Gasteiger partial charge on any atom is -0.496 e. The molecule has 114 valence electrons. The number of aromatic nitrogens is 1. The zero-order chi connectivity index (χ0) is 15.5. The highest BCUT2D eigenvalue weighted by atomic mass is 16.5. The fourth-order valence-corrected chi connectivity index (χ4v) is 2.59.